The second-order valence-corrected chi connectivity index (χ2v) is 10.0. The van der Waals surface area contributed by atoms with Gasteiger partial charge in [0.2, 0.25) is 10.0 Å². The van der Waals surface area contributed by atoms with Crippen LogP contribution in [0, 0.1) is 10.1 Å². The molecule has 2 aromatic rings. The molecule has 188 valence electrons. The number of sulfonamides is 1. The molecule has 0 bridgehead atoms. The summed E-state index contributed by atoms with van der Waals surface area (Å²) >= 11 is 0. The number of nitrogens with zero attached hydrogens (tertiary/aromatic N) is 3. The Morgan fingerprint density at radius 3 is 2.38 bits per heavy atom. The van der Waals surface area contributed by atoms with Crippen molar-refractivity contribution >= 4 is 15.7 Å². The summed E-state index contributed by atoms with van der Waals surface area (Å²) in [5.41, 5.74) is 1.07. The number of morpholine rings is 1. The van der Waals surface area contributed by atoms with Crippen molar-refractivity contribution in [2.45, 2.75) is 37.5 Å². The van der Waals surface area contributed by atoms with Gasteiger partial charge in [0.1, 0.15) is 0 Å². The molecule has 0 amide bonds. The largest absolute Gasteiger partial charge is 0.395 e. The highest BCUT2D eigenvalue weighted by atomic mass is 32.2. The molecule has 34 heavy (non-hydrogen) atoms. The number of benzene rings is 2. The molecule has 1 saturated heterocycles. The van der Waals surface area contributed by atoms with Crippen LogP contribution in [-0.2, 0) is 21.3 Å². The monoisotopic (exact) mass is 495 g/mol. The molecule has 2 aromatic carbocycles. The zero-order chi connectivity index (χ0) is 25.1. The third-order valence-electron chi connectivity index (χ3n) is 5.08. The van der Waals surface area contributed by atoms with Crippen molar-refractivity contribution in [2.75, 3.05) is 39.4 Å². The van der Waals surface area contributed by atoms with E-state index in [-0.39, 0.29) is 29.4 Å². The minimum absolute atomic E-state index is 0.0622. The molecule has 0 radical (unpaired) electrons. The molecule has 0 aromatic heterocycles. The Kier molecular flexibility index (Phi) is 11.0. The topological polar surface area (TPSA) is 133 Å². The van der Waals surface area contributed by atoms with Gasteiger partial charge >= 0.3 is 0 Å². The highest BCUT2D eigenvalue weighted by molar-refractivity contribution is 7.89. The Morgan fingerprint density at radius 2 is 1.85 bits per heavy atom. The summed E-state index contributed by atoms with van der Waals surface area (Å²) in [4.78, 5) is 12.1. The van der Waals surface area contributed by atoms with Crippen LogP contribution < -0.4 is 0 Å². The molecule has 0 spiro atoms. The van der Waals surface area contributed by atoms with E-state index in [9.17, 15) is 23.6 Å². The first-order valence-corrected chi connectivity index (χ1v) is 12.5. The summed E-state index contributed by atoms with van der Waals surface area (Å²) in [6.45, 7) is 6.59. The number of aliphatic hydroxyl groups excluding tert-OH is 2. The molecular weight excluding hydrogens is 462 g/mol. The van der Waals surface area contributed by atoms with Crippen molar-refractivity contribution in [3.63, 3.8) is 0 Å². The van der Waals surface area contributed by atoms with Crippen LogP contribution >= 0.6 is 0 Å². The fourth-order valence-electron chi connectivity index (χ4n) is 3.49. The number of non-ortho nitro benzene ring substituents is 1. The number of aliphatic hydroxyl groups is 2. The summed E-state index contributed by atoms with van der Waals surface area (Å²) in [7, 11) is -3.61. The molecule has 0 unspecified atom stereocenters. The van der Waals surface area contributed by atoms with Gasteiger partial charge in [0.25, 0.3) is 5.69 Å². The number of rotatable bonds is 9. The predicted octanol–water partition coefficient (Wildman–Crippen LogP) is 1.87. The first-order valence-electron chi connectivity index (χ1n) is 11.0. The van der Waals surface area contributed by atoms with Crippen LogP contribution in [-0.4, -0.2) is 84.4 Å². The lowest BCUT2D eigenvalue weighted by Crippen LogP contribution is -2.44. The highest BCUT2D eigenvalue weighted by Gasteiger charge is 2.29. The Labute approximate surface area is 200 Å². The van der Waals surface area contributed by atoms with Crippen molar-refractivity contribution in [1.82, 2.24) is 9.21 Å². The number of ether oxygens (including phenoxy) is 1. The van der Waals surface area contributed by atoms with Crippen molar-refractivity contribution in [2.24, 2.45) is 0 Å². The van der Waals surface area contributed by atoms with E-state index in [2.05, 4.69) is 0 Å². The zero-order valence-corrected chi connectivity index (χ0v) is 20.3. The number of nitro groups is 1. The maximum Gasteiger partial charge on any atom is 0.269 e. The average molecular weight is 496 g/mol. The molecular formula is C23H33N3O7S. The number of nitro benzene ring substituents is 1. The summed E-state index contributed by atoms with van der Waals surface area (Å²) in [5.74, 6) is 0. The molecule has 1 fully saturated rings. The van der Waals surface area contributed by atoms with Gasteiger partial charge in [-0.15, -0.1) is 0 Å². The normalized spacial score (nSPS) is 17.6. The van der Waals surface area contributed by atoms with Crippen molar-refractivity contribution in [1.29, 1.82) is 0 Å². The highest BCUT2D eigenvalue weighted by Crippen LogP contribution is 2.21. The molecule has 1 aliphatic rings. The van der Waals surface area contributed by atoms with E-state index < -0.39 is 14.9 Å². The molecule has 0 saturated carbocycles. The van der Waals surface area contributed by atoms with Crippen molar-refractivity contribution < 1.29 is 28.3 Å². The number of hydrogen-bond donors (Lipinski definition) is 2. The molecule has 2 atom stereocenters. The van der Waals surface area contributed by atoms with Gasteiger partial charge in [0, 0.05) is 44.9 Å². The minimum atomic E-state index is -3.61. The summed E-state index contributed by atoms with van der Waals surface area (Å²) in [6, 6.07) is 15.0. The third kappa shape index (κ3) is 8.75. The van der Waals surface area contributed by atoms with Gasteiger partial charge in [-0.1, -0.05) is 30.3 Å². The lowest BCUT2D eigenvalue weighted by atomic mass is 10.2. The van der Waals surface area contributed by atoms with Crippen LogP contribution in [0.4, 0.5) is 5.69 Å². The fourth-order valence-corrected chi connectivity index (χ4v) is 4.98. The van der Waals surface area contributed by atoms with Crippen molar-refractivity contribution in [3.05, 3.63) is 70.3 Å². The maximum absolute atomic E-state index is 12.3. The molecule has 1 heterocycles. The number of hydrogen-bond acceptors (Lipinski definition) is 8. The van der Waals surface area contributed by atoms with E-state index in [1.807, 2.05) is 35.2 Å². The van der Waals surface area contributed by atoms with E-state index >= 15 is 0 Å². The summed E-state index contributed by atoms with van der Waals surface area (Å²) in [6.07, 6.45) is -0.512. The van der Waals surface area contributed by atoms with Gasteiger partial charge in [0.05, 0.1) is 35.2 Å². The Balaban J connectivity index is 0.000000248. The Morgan fingerprint density at radius 1 is 1.21 bits per heavy atom. The van der Waals surface area contributed by atoms with Crippen LogP contribution in [0.2, 0.25) is 0 Å². The fraction of sp³-hybridized carbons (Fsp3) is 0.478. The quantitative estimate of drug-likeness (QED) is 0.398. The molecule has 11 heteroatoms. The molecule has 3 rings (SSSR count). The van der Waals surface area contributed by atoms with Gasteiger partial charge in [-0.2, -0.15) is 4.31 Å². The smallest absolute Gasteiger partial charge is 0.269 e. The minimum Gasteiger partial charge on any atom is -0.395 e. The van der Waals surface area contributed by atoms with Crippen LogP contribution in [0.25, 0.3) is 0 Å². The molecule has 1 aliphatic heterocycles. The zero-order valence-electron chi connectivity index (χ0n) is 19.5. The van der Waals surface area contributed by atoms with Gasteiger partial charge in [0.15, 0.2) is 0 Å². The third-order valence-corrected chi connectivity index (χ3v) is 6.96. The van der Waals surface area contributed by atoms with Crippen molar-refractivity contribution in [3.8, 4) is 0 Å². The van der Waals surface area contributed by atoms with Crippen LogP contribution in [0.3, 0.4) is 0 Å². The lowest BCUT2D eigenvalue weighted by Gasteiger charge is -2.30. The second kappa shape index (κ2) is 13.5. The second-order valence-electron chi connectivity index (χ2n) is 8.09. The Hall–Kier alpha value is -2.41. The van der Waals surface area contributed by atoms with Crippen LogP contribution in [0.1, 0.15) is 19.4 Å². The van der Waals surface area contributed by atoms with E-state index in [0.29, 0.717) is 32.8 Å². The van der Waals surface area contributed by atoms with Gasteiger partial charge < -0.3 is 14.9 Å². The summed E-state index contributed by atoms with van der Waals surface area (Å²) < 4.78 is 31.3. The first kappa shape index (κ1) is 27.8. The van der Waals surface area contributed by atoms with Gasteiger partial charge in [-0.25, -0.2) is 8.42 Å². The molecule has 0 aliphatic carbocycles. The first-order chi connectivity index (χ1) is 16.1. The predicted molar refractivity (Wildman–Crippen MR) is 128 cm³/mol. The standard InChI is InChI=1S/C12H19NO2.C11H14N2O5S/c1-11(15)9-13(7-8-14)10-12-5-3-2-4-6-12;1-9-8-12(6-7-18-9)19(16,17)11-4-2-10(3-5-11)13(14)15/h2-6,11,14-15H,7-10H2,1H3;2-5,9H,6-8H2,1H3/t11-;9-/m00/s1. The van der Waals surface area contributed by atoms with E-state index in [0.717, 1.165) is 6.54 Å². The van der Waals surface area contributed by atoms with E-state index in [1.54, 1.807) is 13.8 Å². The Bertz CT molecular complexity index is 985. The maximum atomic E-state index is 12.3. The van der Waals surface area contributed by atoms with Gasteiger partial charge in [-0.3, -0.25) is 15.0 Å². The molecule has 2 N–H and O–H groups in total. The van der Waals surface area contributed by atoms with E-state index in [4.69, 9.17) is 9.84 Å². The van der Waals surface area contributed by atoms with E-state index in [1.165, 1.54) is 34.1 Å². The van der Waals surface area contributed by atoms with Gasteiger partial charge in [-0.05, 0) is 31.5 Å². The average Bonchev–Trinajstić information content (AvgIpc) is 2.80. The van der Waals surface area contributed by atoms with Crippen LogP contribution in [0.15, 0.2) is 59.5 Å². The van der Waals surface area contributed by atoms with Crippen LogP contribution in [0.5, 0.6) is 0 Å². The SMILES string of the molecule is C[C@H](O)CN(CCO)Cc1ccccc1.C[C@H]1CN(S(=O)(=O)c2ccc([N+](=O)[O-])cc2)CCO1. The summed E-state index contributed by atoms with van der Waals surface area (Å²) in [5, 5.41) is 28.7. The molecule has 10 nitrogen and oxygen atoms in total. The lowest BCUT2D eigenvalue weighted by molar-refractivity contribution is -0.384.